The van der Waals surface area contributed by atoms with Crippen LogP contribution in [0.2, 0.25) is 0 Å². The Morgan fingerprint density at radius 2 is 2.27 bits per heavy atom. The van der Waals surface area contributed by atoms with Crippen LogP contribution in [0.4, 0.5) is 5.82 Å². The number of nitrogen functional groups attached to an aromatic ring is 1. The number of anilines is 1. The van der Waals surface area contributed by atoms with E-state index in [1.165, 1.54) is 11.6 Å². The van der Waals surface area contributed by atoms with Crippen molar-refractivity contribution in [3.8, 4) is 0 Å². The third kappa shape index (κ3) is 2.41. The van der Waals surface area contributed by atoms with Gasteiger partial charge in [0.1, 0.15) is 6.61 Å². The van der Waals surface area contributed by atoms with Gasteiger partial charge in [0.05, 0.1) is 6.10 Å². The van der Waals surface area contributed by atoms with Crippen LogP contribution in [0.25, 0.3) is 11.0 Å². The summed E-state index contributed by atoms with van der Waals surface area (Å²) in [7, 11) is 1.60. The predicted molar refractivity (Wildman–Crippen MR) is 74.1 cm³/mol. The van der Waals surface area contributed by atoms with Crippen LogP contribution in [0, 0.1) is 12.8 Å². The maximum absolute atomic E-state index is 12.5. The molecular formula is C12H14N6O4. The molecule has 3 rings (SSSR count). The van der Waals surface area contributed by atoms with Gasteiger partial charge in [-0.15, -0.1) is 5.10 Å². The Hall–Kier alpha value is -2.49. The van der Waals surface area contributed by atoms with Gasteiger partial charge in [0, 0.05) is 26.8 Å². The molecule has 0 amide bonds. The van der Waals surface area contributed by atoms with Crippen LogP contribution >= 0.6 is 0 Å². The molecule has 2 aromatic rings. The minimum Gasteiger partial charge on any atom is -0.463 e. The van der Waals surface area contributed by atoms with E-state index in [-0.39, 0.29) is 23.5 Å². The molecule has 0 bridgehead atoms. The van der Waals surface area contributed by atoms with Crippen LogP contribution in [-0.4, -0.2) is 43.5 Å². The normalized spacial score (nSPS) is 21.4. The van der Waals surface area contributed by atoms with E-state index in [2.05, 4.69) is 15.4 Å². The fraction of sp³-hybridized carbons (Fsp3) is 0.417. The van der Waals surface area contributed by atoms with Gasteiger partial charge in [-0.3, -0.25) is 14.3 Å². The first-order valence-electron chi connectivity index (χ1n) is 6.52. The highest BCUT2D eigenvalue weighted by Crippen LogP contribution is 2.25. The van der Waals surface area contributed by atoms with Gasteiger partial charge in [-0.25, -0.2) is 0 Å². The van der Waals surface area contributed by atoms with E-state index in [0.717, 1.165) is 4.68 Å². The summed E-state index contributed by atoms with van der Waals surface area (Å²) >= 11 is 0. The Morgan fingerprint density at radius 1 is 1.50 bits per heavy atom. The average Bonchev–Trinajstić information content (AvgIpc) is 3.03. The maximum Gasteiger partial charge on any atom is 0.302 e. The van der Waals surface area contributed by atoms with Crippen molar-refractivity contribution in [3.05, 3.63) is 23.2 Å². The molecule has 0 aliphatic carbocycles. The Bertz CT molecular complexity index is 782. The largest absolute Gasteiger partial charge is 0.463 e. The number of fused-ring (bicyclic) bond motifs is 1. The number of aromatic nitrogens is 5. The number of nitrogens with zero attached hydrogens (tertiary/aromatic N) is 5. The van der Waals surface area contributed by atoms with Gasteiger partial charge in [0.2, 0.25) is 0 Å². The van der Waals surface area contributed by atoms with E-state index in [9.17, 15) is 9.59 Å². The summed E-state index contributed by atoms with van der Waals surface area (Å²) < 4.78 is 12.9. The summed E-state index contributed by atoms with van der Waals surface area (Å²) in [6.07, 6.45) is 2.19. The second-order valence-corrected chi connectivity index (χ2v) is 4.80. The number of carbonyl (C=O) groups is 1. The second-order valence-electron chi connectivity index (χ2n) is 4.80. The molecule has 2 N–H and O–H groups in total. The lowest BCUT2D eigenvalue weighted by atomic mass is 10.2. The topological polar surface area (TPSA) is 127 Å². The monoisotopic (exact) mass is 306 g/mol. The quantitative estimate of drug-likeness (QED) is 0.713. The van der Waals surface area contributed by atoms with Crippen LogP contribution in [0.15, 0.2) is 4.79 Å². The van der Waals surface area contributed by atoms with Crippen LogP contribution in [0.1, 0.15) is 13.2 Å². The zero-order valence-electron chi connectivity index (χ0n) is 12.0. The Labute approximate surface area is 124 Å². The summed E-state index contributed by atoms with van der Waals surface area (Å²) in [6, 6.07) is 0. The van der Waals surface area contributed by atoms with Gasteiger partial charge in [-0.2, -0.15) is 9.78 Å². The third-order valence-electron chi connectivity index (χ3n) is 3.20. The number of ether oxygens (including phenoxy) is 2. The molecule has 0 aromatic carbocycles. The van der Waals surface area contributed by atoms with Gasteiger partial charge >= 0.3 is 5.97 Å². The van der Waals surface area contributed by atoms with E-state index in [1.54, 1.807) is 19.9 Å². The molecular weight excluding hydrogens is 292 g/mol. The van der Waals surface area contributed by atoms with Crippen molar-refractivity contribution in [3.63, 3.8) is 0 Å². The summed E-state index contributed by atoms with van der Waals surface area (Å²) in [4.78, 5) is 23.3. The van der Waals surface area contributed by atoms with Gasteiger partial charge in [-0.1, -0.05) is 5.21 Å². The highest BCUT2D eigenvalue weighted by Gasteiger charge is 2.30. The number of nitrogens with two attached hydrogens (primary N) is 1. The van der Waals surface area contributed by atoms with Crippen molar-refractivity contribution in [2.45, 2.75) is 19.3 Å². The minimum absolute atomic E-state index is 0.0748. The number of hydrogen-bond acceptors (Lipinski definition) is 8. The average molecular weight is 306 g/mol. The molecule has 2 atom stereocenters. The number of rotatable bonds is 3. The summed E-state index contributed by atoms with van der Waals surface area (Å²) in [6.45, 7) is 1.39. The number of aryl methyl sites for hydroxylation is 1. The van der Waals surface area contributed by atoms with E-state index >= 15 is 0 Å². The highest BCUT2D eigenvalue weighted by atomic mass is 16.6. The van der Waals surface area contributed by atoms with Crippen LogP contribution in [0.5, 0.6) is 0 Å². The highest BCUT2D eigenvalue weighted by molar-refractivity contribution is 5.83. The molecule has 0 saturated carbocycles. The van der Waals surface area contributed by atoms with E-state index in [1.807, 2.05) is 0 Å². The molecule has 1 aliphatic rings. The maximum atomic E-state index is 12.5. The molecule has 2 aromatic heterocycles. The van der Waals surface area contributed by atoms with Crippen LogP contribution < -0.4 is 11.3 Å². The molecule has 116 valence electrons. The van der Waals surface area contributed by atoms with Gasteiger partial charge in [-0.05, 0) is 0 Å². The lowest BCUT2D eigenvalue weighted by Gasteiger charge is -2.14. The minimum atomic E-state index is -0.721. The summed E-state index contributed by atoms with van der Waals surface area (Å²) in [5, 5.41) is 11.7. The van der Waals surface area contributed by atoms with Crippen molar-refractivity contribution < 1.29 is 14.3 Å². The number of carbonyl (C=O) groups excluding carboxylic acids is 1. The van der Waals surface area contributed by atoms with Crippen molar-refractivity contribution in [1.29, 1.82) is 0 Å². The summed E-state index contributed by atoms with van der Waals surface area (Å²) in [5.41, 5.74) is 5.74. The molecule has 1 saturated heterocycles. The second kappa shape index (κ2) is 5.37. The Morgan fingerprint density at radius 3 is 3.00 bits per heavy atom. The van der Waals surface area contributed by atoms with E-state index < -0.39 is 23.9 Å². The van der Waals surface area contributed by atoms with Crippen molar-refractivity contribution in [2.24, 2.45) is 7.05 Å². The zero-order chi connectivity index (χ0) is 15.9. The number of esters is 1. The van der Waals surface area contributed by atoms with E-state index in [4.69, 9.17) is 15.2 Å². The predicted octanol–water partition coefficient (Wildman–Crippen LogP) is -1.02. The van der Waals surface area contributed by atoms with Crippen molar-refractivity contribution in [1.82, 2.24) is 24.8 Å². The smallest absolute Gasteiger partial charge is 0.302 e. The molecule has 3 heterocycles. The first-order valence-corrected chi connectivity index (χ1v) is 6.52. The van der Waals surface area contributed by atoms with Gasteiger partial charge < -0.3 is 15.2 Å². The molecule has 2 unspecified atom stereocenters. The van der Waals surface area contributed by atoms with Crippen molar-refractivity contribution in [2.75, 3.05) is 12.3 Å². The van der Waals surface area contributed by atoms with Gasteiger partial charge in [0.15, 0.2) is 23.1 Å². The Kier molecular flexibility index (Phi) is 3.53. The fourth-order valence-corrected chi connectivity index (χ4v) is 2.20. The van der Waals surface area contributed by atoms with Crippen LogP contribution in [0.3, 0.4) is 0 Å². The molecule has 10 heteroatoms. The lowest BCUT2D eigenvalue weighted by Crippen LogP contribution is -2.30. The molecule has 10 nitrogen and oxygen atoms in total. The molecule has 1 aliphatic heterocycles. The zero-order valence-corrected chi connectivity index (χ0v) is 12.0. The van der Waals surface area contributed by atoms with Crippen molar-refractivity contribution >= 4 is 22.8 Å². The Balaban J connectivity index is 1.86. The first kappa shape index (κ1) is 14.4. The molecule has 22 heavy (non-hydrogen) atoms. The van der Waals surface area contributed by atoms with Crippen LogP contribution in [-0.2, 0) is 21.3 Å². The lowest BCUT2D eigenvalue weighted by molar-refractivity contribution is -0.145. The molecule has 0 spiro atoms. The standard InChI is InChI=1S/C12H14N6O4/c1-6(19)21-5-7-3-4-8(22-7)18-12(20)10-9(14-16-18)11(13)15-17(10)2/h3-4,7-8H,5H2,1-2H3,(H2,13,15). The van der Waals surface area contributed by atoms with E-state index in [0.29, 0.717) is 0 Å². The summed E-state index contributed by atoms with van der Waals surface area (Å²) in [5.74, 6) is -0.256. The van der Waals surface area contributed by atoms with Gasteiger partial charge in [0.25, 0.3) is 5.56 Å². The molecule has 1 fully saturated rings. The SMILES string of the molecule is CC(=O)OCC1[CH][CH]C(n2nnc3c(N)nn(C)c3c2=O)O1. The number of hydrogen-bond donors (Lipinski definition) is 1. The fourth-order valence-electron chi connectivity index (χ4n) is 2.20. The third-order valence-corrected chi connectivity index (χ3v) is 3.20. The first-order chi connectivity index (χ1) is 10.5. The molecule has 2 radical (unpaired) electrons.